The first-order valence-corrected chi connectivity index (χ1v) is 7.45. The first kappa shape index (κ1) is 16.3. The number of hydrogen-bond donors (Lipinski definition) is 2. The SMILES string of the molecule is O=c1c2ccc(Br)cc2ncn1-c1ccc(OC(F)F)c(NO)c1. The van der Waals surface area contributed by atoms with Crippen LogP contribution in [0.5, 0.6) is 5.75 Å². The minimum Gasteiger partial charge on any atom is -0.433 e. The second kappa shape index (κ2) is 6.54. The summed E-state index contributed by atoms with van der Waals surface area (Å²) >= 11 is 3.31. The Kier molecular flexibility index (Phi) is 4.45. The van der Waals surface area contributed by atoms with Crippen molar-refractivity contribution in [2.24, 2.45) is 0 Å². The summed E-state index contributed by atoms with van der Waals surface area (Å²) in [6.45, 7) is -3.04. The molecule has 6 nitrogen and oxygen atoms in total. The molecule has 124 valence electrons. The number of halogens is 3. The van der Waals surface area contributed by atoms with Crippen LogP contribution in [0.4, 0.5) is 14.5 Å². The molecule has 0 saturated heterocycles. The first-order valence-electron chi connectivity index (χ1n) is 6.66. The molecular weight excluding hydrogens is 388 g/mol. The molecule has 0 aliphatic heterocycles. The van der Waals surface area contributed by atoms with Crippen LogP contribution in [0.2, 0.25) is 0 Å². The highest BCUT2D eigenvalue weighted by molar-refractivity contribution is 9.10. The third-order valence-corrected chi connectivity index (χ3v) is 3.79. The summed E-state index contributed by atoms with van der Waals surface area (Å²) in [6, 6.07) is 8.98. The molecule has 0 bridgehead atoms. The Balaban J connectivity index is 2.12. The number of anilines is 1. The van der Waals surface area contributed by atoms with Gasteiger partial charge >= 0.3 is 6.61 Å². The van der Waals surface area contributed by atoms with Crippen LogP contribution < -0.4 is 15.8 Å². The fourth-order valence-corrected chi connectivity index (χ4v) is 2.58. The van der Waals surface area contributed by atoms with Crippen LogP contribution in [0.1, 0.15) is 0 Å². The van der Waals surface area contributed by atoms with Crippen molar-refractivity contribution >= 4 is 32.5 Å². The van der Waals surface area contributed by atoms with E-state index in [0.29, 0.717) is 16.6 Å². The van der Waals surface area contributed by atoms with Crippen molar-refractivity contribution < 1.29 is 18.7 Å². The highest BCUT2D eigenvalue weighted by Gasteiger charge is 2.12. The molecule has 1 heterocycles. The van der Waals surface area contributed by atoms with Crippen molar-refractivity contribution in [3.63, 3.8) is 0 Å². The molecule has 9 heteroatoms. The highest BCUT2D eigenvalue weighted by atomic mass is 79.9. The summed E-state index contributed by atoms with van der Waals surface area (Å²) < 4.78 is 31.0. The van der Waals surface area contributed by atoms with E-state index in [2.05, 4.69) is 25.7 Å². The van der Waals surface area contributed by atoms with Gasteiger partial charge in [0.2, 0.25) is 0 Å². The number of fused-ring (bicyclic) bond motifs is 1. The highest BCUT2D eigenvalue weighted by Crippen LogP contribution is 2.28. The molecule has 0 radical (unpaired) electrons. The van der Waals surface area contributed by atoms with Crippen molar-refractivity contribution in [1.29, 1.82) is 0 Å². The van der Waals surface area contributed by atoms with Crippen molar-refractivity contribution in [1.82, 2.24) is 9.55 Å². The molecule has 0 unspecified atom stereocenters. The van der Waals surface area contributed by atoms with E-state index in [4.69, 9.17) is 5.21 Å². The largest absolute Gasteiger partial charge is 0.433 e. The Morgan fingerprint density at radius 3 is 2.75 bits per heavy atom. The summed E-state index contributed by atoms with van der Waals surface area (Å²) in [6.07, 6.45) is 1.32. The van der Waals surface area contributed by atoms with E-state index in [9.17, 15) is 13.6 Å². The van der Waals surface area contributed by atoms with Gasteiger partial charge < -0.3 is 4.74 Å². The third kappa shape index (κ3) is 3.08. The molecule has 2 aromatic carbocycles. The molecule has 0 amide bonds. The summed E-state index contributed by atoms with van der Waals surface area (Å²) in [5.74, 6) is -0.248. The summed E-state index contributed by atoms with van der Waals surface area (Å²) in [5.41, 5.74) is 2.19. The lowest BCUT2D eigenvalue weighted by Gasteiger charge is -2.12. The van der Waals surface area contributed by atoms with Crippen LogP contribution in [-0.4, -0.2) is 21.4 Å². The van der Waals surface area contributed by atoms with Crippen molar-refractivity contribution in [2.45, 2.75) is 6.61 Å². The maximum absolute atomic E-state index is 12.6. The number of benzene rings is 2. The second-order valence-electron chi connectivity index (χ2n) is 4.75. The van der Waals surface area contributed by atoms with Crippen LogP contribution in [0.3, 0.4) is 0 Å². The minimum atomic E-state index is -3.04. The fraction of sp³-hybridized carbons (Fsp3) is 0.0667. The van der Waals surface area contributed by atoms with Crippen LogP contribution >= 0.6 is 15.9 Å². The fourth-order valence-electron chi connectivity index (χ4n) is 2.23. The van der Waals surface area contributed by atoms with Crippen molar-refractivity contribution in [2.75, 3.05) is 5.48 Å². The number of alkyl halides is 2. The van der Waals surface area contributed by atoms with Crippen LogP contribution in [-0.2, 0) is 0 Å². The number of rotatable bonds is 4. The molecular formula is C15H10BrF2N3O3. The molecule has 0 atom stereocenters. The molecule has 0 aliphatic rings. The van der Waals surface area contributed by atoms with Crippen LogP contribution in [0, 0.1) is 0 Å². The van der Waals surface area contributed by atoms with E-state index in [1.54, 1.807) is 23.7 Å². The predicted octanol–water partition coefficient (Wildman–Crippen LogP) is 3.55. The standard InChI is InChI=1S/C15H10BrF2N3O3/c16-8-1-3-10-11(5-8)19-7-21(14(10)22)9-2-4-13(24-15(17)18)12(6-9)20-23/h1-7,15,20,23H. The zero-order valence-corrected chi connectivity index (χ0v) is 13.5. The van der Waals surface area contributed by atoms with Gasteiger partial charge in [0.05, 0.1) is 16.6 Å². The van der Waals surface area contributed by atoms with Gasteiger partial charge in [0, 0.05) is 4.47 Å². The summed E-state index contributed by atoms with van der Waals surface area (Å²) in [7, 11) is 0. The number of aromatic nitrogens is 2. The maximum Gasteiger partial charge on any atom is 0.387 e. The zero-order valence-electron chi connectivity index (χ0n) is 11.9. The molecule has 0 spiro atoms. The van der Waals surface area contributed by atoms with Crippen molar-refractivity contribution in [3.05, 3.63) is 57.6 Å². The molecule has 3 aromatic rings. The van der Waals surface area contributed by atoms with Crippen LogP contribution in [0.25, 0.3) is 16.6 Å². The topological polar surface area (TPSA) is 76.4 Å². The summed E-state index contributed by atoms with van der Waals surface area (Å²) in [4.78, 5) is 16.8. The molecule has 3 rings (SSSR count). The van der Waals surface area contributed by atoms with E-state index >= 15 is 0 Å². The zero-order chi connectivity index (χ0) is 17.3. The monoisotopic (exact) mass is 397 g/mol. The number of nitrogens with zero attached hydrogens (tertiary/aromatic N) is 2. The Hall–Kier alpha value is -2.52. The molecule has 1 aromatic heterocycles. The second-order valence-corrected chi connectivity index (χ2v) is 5.67. The van der Waals surface area contributed by atoms with E-state index in [0.717, 1.165) is 4.47 Å². The third-order valence-electron chi connectivity index (χ3n) is 3.30. The average molecular weight is 398 g/mol. The Bertz CT molecular complexity index is 962. The lowest BCUT2D eigenvalue weighted by atomic mass is 10.2. The lowest BCUT2D eigenvalue weighted by molar-refractivity contribution is -0.0495. The van der Waals surface area contributed by atoms with Gasteiger partial charge in [-0.2, -0.15) is 8.78 Å². The van der Waals surface area contributed by atoms with Gasteiger partial charge in [-0.25, -0.2) is 4.98 Å². The van der Waals surface area contributed by atoms with Gasteiger partial charge in [0.15, 0.2) is 5.75 Å². The van der Waals surface area contributed by atoms with E-state index in [-0.39, 0.29) is 17.0 Å². The van der Waals surface area contributed by atoms with E-state index in [1.807, 2.05) is 0 Å². The summed E-state index contributed by atoms with van der Waals surface area (Å²) in [5, 5.41) is 9.49. The number of hydrogen-bond acceptors (Lipinski definition) is 5. The van der Waals surface area contributed by atoms with Gasteiger partial charge in [-0.15, -0.1) is 0 Å². The smallest absolute Gasteiger partial charge is 0.387 e. The van der Waals surface area contributed by atoms with Gasteiger partial charge in [0.25, 0.3) is 5.56 Å². The Morgan fingerprint density at radius 1 is 1.25 bits per heavy atom. The maximum atomic E-state index is 12.6. The van der Waals surface area contributed by atoms with Gasteiger partial charge in [-0.3, -0.25) is 20.0 Å². The Labute approximate surface area is 142 Å². The van der Waals surface area contributed by atoms with Gasteiger partial charge in [-0.1, -0.05) is 15.9 Å². The minimum absolute atomic E-state index is 0.101. The van der Waals surface area contributed by atoms with Gasteiger partial charge in [-0.05, 0) is 36.4 Å². The van der Waals surface area contributed by atoms with Crippen LogP contribution in [0.15, 0.2) is 52.0 Å². The molecule has 24 heavy (non-hydrogen) atoms. The molecule has 0 saturated carbocycles. The number of ether oxygens (including phenoxy) is 1. The molecule has 0 fully saturated rings. The quantitative estimate of drug-likeness (QED) is 0.658. The Morgan fingerprint density at radius 2 is 2.04 bits per heavy atom. The molecule has 2 N–H and O–H groups in total. The lowest BCUT2D eigenvalue weighted by Crippen LogP contribution is -2.19. The van der Waals surface area contributed by atoms with Gasteiger partial charge in [0.1, 0.15) is 12.0 Å². The van der Waals surface area contributed by atoms with E-state index in [1.165, 1.54) is 29.1 Å². The van der Waals surface area contributed by atoms with E-state index < -0.39 is 6.61 Å². The molecule has 0 aliphatic carbocycles. The normalized spacial score (nSPS) is 11.0. The van der Waals surface area contributed by atoms with Crippen molar-refractivity contribution in [3.8, 4) is 11.4 Å². The predicted molar refractivity (Wildman–Crippen MR) is 87.1 cm³/mol. The number of nitrogens with one attached hydrogen (secondary N) is 1. The average Bonchev–Trinajstić information content (AvgIpc) is 2.55. The first-order chi connectivity index (χ1) is 11.5.